The van der Waals surface area contributed by atoms with E-state index >= 15 is 0 Å². The quantitative estimate of drug-likeness (QED) is 0.419. The van der Waals surface area contributed by atoms with Gasteiger partial charge in [-0.2, -0.15) is 5.01 Å². The average Bonchev–Trinajstić information content (AvgIpc) is 2.83. The van der Waals surface area contributed by atoms with Crippen LogP contribution in [-0.2, 0) is 14.6 Å². The summed E-state index contributed by atoms with van der Waals surface area (Å²) in [6.45, 7) is 9.69. The van der Waals surface area contributed by atoms with Gasteiger partial charge in [0.1, 0.15) is 10.9 Å². The monoisotopic (exact) mass is 432 g/mol. The lowest BCUT2D eigenvalue weighted by atomic mass is 10.0. The molecule has 28 heavy (non-hydrogen) atoms. The number of hydrazine groups is 1. The number of carbonyl (C=O) groups excluding carboxylic acids is 1. The highest BCUT2D eigenvalue weighted by molar-refractivity contribution is 7.91. The minimum absolute atomic E-state index is 0.0372. The van der Waals surface area contributed by atoms with Gasteiger partial charge in [0.15, 0.2) is 14.9 Å². The van der Waals surface area contributed by atoms with Crippen molar-refractivity contribution >= 4 is 33.1 Å². The number of unbranched alkanes of at least 4 members (excludes halogenated alkanes) is 5. The molecule has 1 atom stereocenters. The molecule has 1 unspecified atom stereocenters. The van der Waals surface area contributed by atoms with Crippen molar-refractivity contribution in [2.24, 2.45) is 0 Å². The van der Waals surface area contributed by atoms with Crippen LogP contribution in [0.25, 0.3) is 0 Å². The van der Waals surface area contributed by atoms with Crippen LogP contribution in [0.3, 0.4) is 0 Å². The molecule has 0 aromatic rings. The van der Waals surface area contributed by atoms with E-state index in [1.165, 1.54) is 30.7 Å². The van der Waals surface area contributed by atoms with Crippen LogP contribution in [0.1, 0.15) is 66.2 Å². The van der Waals surface area contributed by atoms with Crippen LogP contribution in [0.2, 0.25) is 0 Å². The molecule has 2 heterocycles. The summed E-state index contributed by atoms with van der Waals surface area (Å²) in [5, 5.41) is 5.93. The second kappa shape index (κ2) is 9.82. The molecule has 0 radical (unpaired) electrons. The number of nitrogens with one attached hydrogen (secondary N) is 1. The van der Waals surface area contributed by atoms with Gasteiger partial charge in [0, 0.05) is 31.9 Å². The summed E-state index contributed by atoms with van der Waals surface area (Å²) in [5.74, 6) is -0.100. The van der Waals surface area contributed by atoms with E-state index in [0.717, 1.165) is 19.4 Å². The van der Waals surface area contributed by atoms with Crippen LogP contribution < -0.4 is 5.32 Å². The van der Waals surface area contributed by atoms with Gasteiger partial charge in [0.2, 0.25) is 0 Å². The molecule has 2 fully saturated rings. The van der Waals surface area contributed by atoms with Gasteiger partial charge in [-0.25, -0.2) is 13.4 Å². The van der Waals surface area contributed by atoms with Gasteiger partial charge in [-0.3, -0.25) is 4.79 Å². The van der Waals surface area contributed by atoms with Gasteiger partial charge in [-0.15, -0.1) is 0 Å². The molecule has 1 amide bonds. The van der Waals surface area contributed by atoms with E-state index in [0.29, 0.717) is 24.7 Å². The maximum absolute atomic E-state index is 13.2. The number of nitrogens with zero attached hydrogens (tertiary/aromatic N) is 3. The highest BCUT2D eigenvalue weighted by atomic mass is 32.2. The van der Waals surface area contributed by atoms with Crippen LogP contribution >= 0.6 is 12.2 Å². The van der Waals surface area contributed by atoms with Gasteiger partial charge in [-0.05, 0) is 32.5 Å². The van der Waals surface area contributed by atoms with Gasteiger partial charge in [0.05, 0.1) is 0 Å². The van der Waals surface area contributed by atoms with E-state index in [1.807, 2.05) is 18.7 Å². The number of hydrogen-bond acceptors (Lipinski definition) is 6. The molecule has 2 aliphatic rings. The second-order valence-corrected chi connectivity index (χ2v) is 11.0. The normalized spacial score (nSPS) is 23.6. The Morgan fingerprint density at radius 1 is 1.14 bits per heavy atom. The van der Waals surface area contributed by atoms with Crippen molar-refractivity contribution in [3.8, 4) is 0 Å². The van der Waals surface area contributed by atoms with Crippen molar-refractivity contribution < 1.29 is 13.2 Å². The Morgan fingerprint density at radius 2 is 1.79 bits per heavy atom. The first kappa shape index (κ1) is 23.5. The molecule has 0 spiro atoms. The Balaban J connectivity index is 2.12. The van der Waals surface area contributed by atoms with Crippen molar-refractivity contribution in [3.05, 3.63) is 0 Å². The first-order valence-electron chi connectivity index (χ1n) is 10.5. The fraction of sp³-hybridized carbons (Fsp3) is 0.895. The van der Waals surface area contributed by atoms with Crippen LogP contribution in [-0.4, -0.2) is 77.2 Å². The Morgan fingerprint density at radius 3 is 2.43 bits per heavy atom. The van der Waals surface area contributed by atoms with E-state index < -0.39 is 20.8 Å². The van der Waals surface area contributed by atoms with Crippen molar-refractivity contribution in [2.45, 2.75) is 77.1 Å². The minimum Gasteiger partial charge on any atom is -0.333 e. The number of piperazine rings is 1. The first-order valence-corrected chi connectivity index (χ1v) is 12.7. The fourth-order valence-corrected chi connectivity index (χ4v) is 5.70. The summed E-state index contributed by atoms with van der Waals surface area (Å²) in [5.41, 5.74) is -0.758. The van der Waals surface area contributed by atoms with Crippen LogP contribution in [0.4, 0.5) is 0 Å². The van der Waals surface area contributed by atoms with Gasteiger partial charge in [-0.1, -0.05) is 46.0 Å². The van der Waals surface area contributed by atoms with Gasteiger partial charge in [0.25, 0.3) is 5.91 Å². The zero-order valence-electron chi connectivity index (χ0n) is 17.7. The molecule has 7 nitrogen and oxygen atoms in total. The number of amides is 1. The van der Waals surface area contributed by atoms with E-state index in [4.69, 9.17) is 12.2 Å². The first-order chi connectivity index (χ1) is 13.2. The van der Waals surface area contributed by atoms with Gasteiger partial charge >= 0.3 is 0 Å². The maximum Gasteiger partial charge on any atom is 0.268 e. The summed E-state index contributed by atoms with van der Waals surface area (Å²) >= 11 is 5.67. The molecule has 2 saturated heterocycles. The topological polar surface area (TPSA) is 73.0 Å². The number of carbonyl (C=O) groups is 1. The Kier molecular flexibility index (Phi) is 8.25. The third-order valence-electron chi connectivity index (χ3n) is 5.78. The predicted molar refractivity (Wildman–Crippen MR) is 116 cm³/mol. The molecule has 9 heteroatoms. The van der Waals surface area contributed by atoms with Crippen molar-refractivity contribution in [3.63, 3.8) is 0 Å². The standard InChI is InChI=1S/C19H36N4O3S2/c1-5-7-8-9-10-11-13-21-18(27)23(17(24)19(21,3)4)22-14-12-20-15-16(22)28(25,26)6-2/h16,20H,5-15H2,1-4H3. The predicted octanol–water partition coefficient (Wildman–Crippen LogP) is 2.14. The zero-order chi connectivity index (χ0) is 20.9. The molecule has 0 aliphatic carbocycles. The third-order valence-corrected chi connectivity index (χ3v) is 8.22. The molecule has 2 rings (SSSR count). The summed E-state index contributed by atoms with van der Waals surface area (Å²) in [6, 6.07) is 0. The van der Waals surface area contributed by atoms with Crippen molar-refractivity contribution in [2.75, 3.05) is 31.9 Å². The molecule has 162 valence electrons. The van der Waals surface area contributed by atoms with Crippen LogP contribution in [0.15, 0.2) is 0 Å². The molecule has 0 aromatic carbocycles. The highest BCUT2D eigenvalue weighted by Gasteiger charge is 2.53. The number of sulfone groups is 1. The molecular formula is C19H36N4O3S2. The smallest absolute Gasteiger partial charge is 0.268 e. The third kappa shape index (κ3) is 4.86. The summed E-state index contributed by atoms with van der Waals surface area (Å²) < 4.78 is 25.2. The molecule has 0 bridgehead atoms. The molecule has 2 aliphatic heterocycles. The van der Waals surface area contributed by atoms with Crippen LogP contribution in [0.5, 0.6) is 0 Å². The number of hydrogen-bond donors (Lipinski definition) is 1. The number of thiocarbonyl (C=S) groups is 1. The minimum atomic E-state index is -3.35. The SMILES string of the molecule is CCCCCCCCN1C(=S)N(N2CCNCC2S(=O)(=O)CC)C(=O)C1(C)C. The lowest BCUT2D eigenvalue weighted by Crippen LogP contribution is -2.63. The van der Waals surface area contributed by atoms with Crippen molar-refractivity contribution in [1.82, 2.24) is 20.2 Å². The zero-order valence-corrected chi connectivity index (χ0v) is 19.4. The average molecular weight is 433 g/mol. The summed E-state index contributed by atoms with van der Waals surface area (Å²) in [4.78, 5) is 15.2. The molecular weight excluding hydrogens is 396 g/mol. The Hall–Kier alpha value is -0.770. The Bertz CT molecular complexity index is 666. The second-order valence-electron chi connectivity index (χ2n) is 8.15. The van der Waals surface area contributed by atoms with Gasteiger partial charge < -0.3 is 10.2 Å². The van der Waals surface area contributed by atoms with Crippen LogP contribution in [0, 0.1) is 0 Å². The van der Waals surface area contributed by atoms with E-state index in [9.17, 15) is 13.2 Å². The highest BCUT2D eigenvalue weighted by Crippen LogP contribution is 2.31. The number of rotatable bonds is 10. The largest absolute Gasteiger partial charge is 0.333 e. The van der Waals surface area contributed by atoms with E-state index in [2.05, 4.69) is 12.2 Å². The fourth-order valence-electron chi connectivity index (χ4n) is 3.87. The molecule has 0 saturated carbocycles. The van der Waals surface area contributed by atoms with E-state index in [1.54, 1.807) is 11.9 Å². The van der Waals surface area contributed by atoms with E-state index in [-0.39, 0.29) is 11.7 Å². The molecule has 1 N–H and O–H groups in total. The maximum atomic E-state index is 13.2. The summed E-state index contributed by atoms with van der Waals surface area (Å²) in [6.07, 6.45) is 7.01. The summed E-state index contributed by atoms with van der Waals surface area (Å²) in [7, 11) is -3.35. The molecule has 0 aromatic heterocycles. The lowest BCUT2D eigenvalue weighted by Gasteiger charge is -2.40. The van der Waals surface area contributed by atoms with Crippen molar-refractivity contribution in [1.29, 1.82) is 0 Å². The Labute approximate surface area is 175 Å². The lowest BCUT2D eigenvalue weighted by molar-refractivity contribution is -0.143.